The molecule has 0 N–H and O–H groups in total. The summed E-state index contributed by atoms with van der Waals surface area (Å²) in [7, 11) is 0. The molecule has 8 aromatic carbocycles. The smallest absolute Gasteiger partial charge is 0.252 e. The average molecular weight is 637 g/mol. The zero-order valence-electron chi connectivity index (χ0n) is 28.9. The Balaban J connectivity index is 1.45. The topological polar surface area (TPSA) is 9.86 Å². The van der Waals surface area contributed by atoms with E-state index in [4.69, 9.17) is 0 Å². The van der Waals surface area contributed by atoms with Crippen LogP contribution < -0.4 is 16.4 Å². The second-order valence-corrected chi connectivity index (χ2v) is 15.3. The summed E-state index contributed by atoms with van der Waals surface area (Å²) in [5, 5.41) is 13.3. The highest BCUT2D eigenvalue weighted by molar-refractivity contribution is 7.00. The number of nitrogens with zero attached hydrogens (tertiary/aromatic N) is 2. The Morgan fingerprint density at radius 2 is 0.880 bits per heavy atom. The van der Waals surface area contributed by atoms with Crippen LogP contribution in [0.4, 0.5) is 0 Å². The van der Waals surface area contributed by atoms with Crippen LogP contribution in [-0.4, -0.2) is 15.8 Å². The Morgan fingerprint density at radius 1 is 0.400 bits per heavy atom. The summed E-state index contributed by atoms with van der Waals surface area (Å²) in [5.74, 6) is 0. The molecule has 0 spiro atoms. The summed E-state index contributed by atoms with van der Waals surface area (Å²) in [6, 6.07) is 42.6. The molecule has 234 valence electrons. The van der Waals surface area contributed by atoms with E-state index < -0.39 is 0 Å². The van der Waals surface area contributed by atoms with Gasteiger partial charge in [-0.05, 0) is 120 Å². The van der Waals surface area contributed by atoms with Crippen LogP contribution in [0.3, 0.4) is 0 Å². The first-order valence-corrected chi connectivity index (χ1v) is 17.9. The molecule has 0 saturated carbocycles. The molecule has 0 fully saturated rings. The van der Waals surface area contributed by atoms with Crippen LogP contribution in [0.2, 0.25) is 0 Å². The normalized spacial score (nSPS) is 13.3. The molecule has 0 amide bonds. The summed E-state index contributed by atoms with van der Waals surface area (Å²) in [6.07, 6.45) is 0. The van der Waals surface area contributed by atoms with E-state index in [9.17, 15) is 0 Å². The van der Waals surface area contributed by atoms with Crippen molar-refractivity contribution in [2.24, 2.45) is 0 Å². The molecule has 0 bridgehead atoms. The van der Waals surface area contributed by atoms with Gasteiger partial charge < -0.3 is 9.13 Å². The largest absolute Gasteiger partial charge is 0.310 e. The fraction of sp³-hybridized carbons (Fsp3) is 0.106. The molecule has 0 unspecified atom stereocenters. The van der Waals surface area contributed by atoms with Crippen LogP contribution in [0.5, 0.6) is 0 Å². The van der Waals surface area contributed by atoms with Crippen LogP contribution in [0.15, 0.2) is 109 Å². The molecule has 2 aliphatic rings. The lowest BCUT2D eigenvalue weighted by molar-refractivity contribution is 1.16. The molecule has 10 aromatic rings. The highest BCUT2D eigenvalue weighted by Crippen LogP contribution is 2.46. The van der Waals surface area contributed by atoms with Gasteiger partial charge in [0.1, 0.15) is 0 Å². The summed E-state index contributed by atoms with van der Waals surface area (Å²) in [6.45, 7) is 11.4. The van der Waals surface area contributed by atoms with Gasteiger partial charge in [-0.1, -0.05) is 94.5 Å². The molecular formula is C47H33BN2. The molecule has 0 saturated heterocycles. The summed E-state index contributed by atoms with van der Waals surface area (Å²) in [4.78, 5) is 0. The minimum absolute atomic E-state index is 0.108. The maximum Gasteiger partial charge on any atom is 0.252 e. The zero-order chi connectivity index (χ0) is 33.3. The molecule has 2 nitrogen and oxygen atoms in total. The van der Waals surface area contributed by atoms with Gasteiger partial charge in [0.15, 0.2) is 0 Å². The Hall–Kier alpha value is -5.80. The van der Waals surface area contributed by atoms with E-state index in [-0.39, 0.29) is 6.71 Å². The maximum absolute atomic E-state index is 2.67. The monoisotopic (exact) mass is 636 g/mol. The van der Waals surface area contributed by atoms with E-state index in [2.05, 4.69) is 153 Å². The average Bonchev–Trinajstić information content (AvgIpc) is 3.60. The molecule has 0 radical (unpaired) electrons. The lowest BCUT2D eigenvalue weighted by Gasteiger charge is -2.35. The molecule has 2 aliphatic heterocycles. The number of hydrogen-bond donors (Lipinski definition) is 0. The Bertz CT molecular complexity index is 3260. The van der Waals surface area contributed by atoms with E-state index in [0.29, 0.717) is 0 Å². The highest BCUT2D eigenvalue weighted by Gasteiger charge is 2.42. The molecular weight excluding hydrogens is 603 g/mol. The first-order valence-electron chi connectivity index (χ1n) is 17.9. The van der Waals surface area contributed by atoms with Crippen molar-refractivity contribution in [3.63, 3.8) is 0 Å². The van der Waals surface area contributed by atoms with Gasteiger partial charge in [-0.3, -0.25) is 0 Å². The fourth-order valence-electron chi connectivity index (χ4n) is 10.2. The van der Waals surface area contributed by atoms with Gasteiger partial charge in [-0.15, -0.1) is 0 Å². The van der Waals surface area contributed by atoms with Crippen molar-refractivity contribution >= 4 is 99.0 Å². The number of benzene rings is 8. The third-order valence-electron chi connectivity index (χ3n) is 12.0. The minimum atomic E-state index is 0.108. The standard InChI is InChI=1S/C47H33BN2/c1-24-10-13-31-29-8-6-7-9-30(29)35-23-42-44-47(43(35)34(31)18-24)50-41-15-12-26(3)17-33(41)37-20-28(5)22-39(46(37)50)48(44)38-21-27(4)19-36-32-16-25(2)11-14-40(32)49(42)45(36)38/h6-23H,1-5H3. The summed E-state index contributed by atoms with van der Waals surface area (Å²) >= 11 is 0. The van der Waals surface area contributed by atoms with Gasteiger partial charge in [-0.2, -0.15) is 0 Å². The first kappa shape index (κ1) is 27.1. The molecule has 0 aliphatic carbocycles. The predicted octanol–water partition coefficient (Wildman–Crippen LogP) is 10.0. The van der Waals surface area contributed by atoms with Gasteiger partial charge in [0.25, 0.3) is 6.71 Å². The van der Waals surface area contributed by atoms with Crippen molar-refractivity contribution in [2.45, 2.75) is 34.6 Å². The zero-order valence-corrected chi connectivity index (χ0v) is 28.9. The lowest BCUT2D eigenvalue weighted by Crippen LogP contribution is -2.59. The summed E-state index contributed by atoms with van der Waals surface area (Å²) in [5.41, 5.74) is 18.7. The van der Waals surface area contributed by atoms with E-state index >= 15 is 0 Å². The van der Waals surface area contributed by atoms with Gasteiger partial charge in [0, 0.05) is 43.7 Å². The van der Waals surface area contributed by atoms with Crippen molar-refractivity contribution < 1.29 is 0 Å². The second-order valence-electron chi connectivity index (χ2n) is 15.3. The van der Waals surface area contributed by atoms with Crippen molar-refractivity contribution in [2.75, 3.05) is 0 Å². The Labute approximate surface area is 290 Å². The SMILES string of the molecule is Cc1ccc2c3ccccc3c3cc4c5c(c3c2c1)-n1c2ccc(C)cc2c2cc(C)cc(c21)B5c1cc(C)cc2c3cc(C)ccc3n-4c12. The number of fused-ring (bicyclic) bond motifs is 17. The fourth-order valence-corrected chi connectivity index (χ4v) is 10.2. The van der Waals surface area contributed by atoms with Crippen molar-refractivity contribution in [3.05, 3.63) is 137 Å². The number of aryl methyl sites for hydroxylation is 5. The minimum Gasteiger partial charge on any atom is -0.310 e. The van der Waals surface area contributed by atoms with Crippen molar-refractivity contribution in [1.82, 2.24) is 9.13 Å². The van der Waals surface area contributed by atoms with Crippen LogP contribution >= 0.6 is 0 Å². The van der Waals surface area contributed by atoms with Gasteiger partial charge in [0.2, 0.25) is 0 Å². The van der Waals surface area contributed by atoms with E-state index in [0.717, 1.165) is 0 Å². The molecule has 12 rings (SSSR count). The Kier molecular flexibility index (Phi) is 4.80. The third-order valence-corrected chi connectivity index (χ3v) is 12.0. The first-order chi connectivity index (χ1) is 24.4. The second kappa shape index (κ2) is 8.86. The van der Waals surface area contributed by atoms with Gasteiger partial charge in [0.05, 0.1) is 16.7 Å². The van der Waals surface area contributed by atoms with Gasteiger partial charge >= 0.3 is 0 Å². The summed E-state index contributed by atoms with van der Waals surface area (Å²) < 4.78 is 5.29. The molecule has 3 heteroatoms. The molecule has 50 heavy (non-hydrogen) atoms. The van der Waals surface area contributed by atoms with Crippen LogP contribution in [0.25, 0.3) is 87.3 Å². The van der Waals surface area contributed by atoms with E-state index in [1.807, 2.05) is 0 Å². The number of rotatable bonds is 0. The van der Waals surface area contributed by atoms with E-state index in [1.165, 1.54) is 132 Å². The highest BCUT2D eigenvalue weighted by atomic mass is 15.0. The molecule has 0 atom stereocenters. The van der Waals surface area contributed by atoms with Crippen molar-refractivity contribution in [3.8, 4) is 11.4 Å². The Morgan fingerprint density at radius 3 is 1.52 bits per heavy atom. The molecule has 2 aromatic heterocycles. The third kappa shape index (κ3) is 3.09. The van der Waals surface area contributed by atoms with Crippen LogP contribution in [-0.2, 0) is 0 Å². The number of aromatic nitrogens is 2. The van der Waals surface area contributed by atoms with Gasteiger partial charge in [-0.25, -0.2) is 0 Å². The lowest BCUT2D eigenvalue weighted by atomic mass is 9.34. The quantitative estimate of drug-likeness (QED) is 0.116. The maximum atomic E-state index is 2.67. The van der Waals surface area contributed by atoms with E-state index in [1.54, 1.807) is 0 Å². The van der Waals surface area contributed by atoms with Crippen LogP contribution in [0.1, 0.15) is 27.8 Å². The van der Waals surface area contributed by atoms with Crippen molar-refractivity contribution in [1.29, 1.82) is 0 Å². The van der Waals surface area contributed by atoms with Crippen LogP contribution in [0, 0.1) is 34.6 Å². The predicted molar refractivity (Wildman–Crippen MR) is 216 cm³/mol. The number of hydrogen-bond acceptors (Lipinski definition) is 0. The molecule has 4 heterocycles.